The number of hydrogen-bond acceptors (Lipinski definition) is 4. The summed E-state index contributed by atoms with van der Waals surface area (Å²) < 4.78 is 5.71. The molecule has 0 unspecified atom stereocenters. The van der Waals surface area contributed by atoms with Crippen molar-refractivity contribution in [2.75, 3.05) is 17.6 Å². The van der Waals surface area contributed by atoms with E-state index in [2.05, 4.69) is 30.2 Å². The Balaban J connectivity index is 2.77. The topological polar surface area (TPSA) is 60.2 Å². The summed E-state index contributed by atoms with van der Waals surface area (Å²) in [5.41, 5.74) is 7.36. The highest BCUT2D eigenvalue weighted by Crippen LogP contribution is 2.24. The minimum Gasteiger partial charge on any atom is -0.470 e. The molecule has 0 aliphatic carbocycles. The molecule has 1 aromatic rings. The second-order valence-corrected chi connectivity index (χ2v) is 5.47. The van der Waals surface area contributed by atoms with Gasteiger partial charge in [0.1, 0.15) is 11.4 Å². The summed E-state index contributed by atoms with van der Waals surface area (Å²) >= 11 is 0. The zero-order valence-electron chi connectivity index (χ0n) is 11.9. The van der Waals surface area contributed by atoms with Crippen LogP contribution in [-0.2, 0) is 0 Å². The van der Waals surface area contributed by atoms with Crippen molar-refractivity contribution in [1.82, 2.24) is 4.98 Å². The molecule has 0 saturated heterocycles. The molecule has 0 aliphatic rings. The first kappa shape index (κ1) is 14.4. The lowest BCUT2D eigenvalue weighted by Crippen LogP contribution is -2.24. The molecular weight excluding hydrogens is 226 g/mol. The quantitative estimate of drug-likeness (QED) is 0.804. The fourth-order valence-corrected chi connectivity index (χ4v) is 1.28. The number of ether oxygens (including phenoxy) is 1. The van der Waals surface area contributed by atoms with Crippen LogP contribution in [0.25, 0.3) is 0 Å². The summed E-state index contributed by atoms with van der Waals surface area (Å²) in [6, 6.07) is 3.66. The van der Waals surface area contributed by atoms with Crippen molar-refractivity contribution < 1.29 is 4.74 Å². The maximum absolute atomic E-state index is 5.85. The van der Waals surface area contributed by atoms with E-state index in [4.69, 9.17) is 10.5 Å². The smallest absolute Gasteiger partial charge is 0.239 e. The lowest BCUT2D eigenvalue weighted by atomic mass is 10.2. The molecule has 0 spiro atoms. The van der Waals surface area contributed by atoms with Gasteiger partial charge in [-0.25, -0.2) is 0 Å². The molecule has 4 heteroatoms. The first-order valence-electron chi connectivity index (χ1n) is 6.11. The van der Waals surface area contributed by atoms with Gasteiger partial charge in [-0.1, -0.05) is 11.6 Å². The number of nitrogens with one attached hydrogen (secondary N) is 1. The first-order chi connectivity index (χ1) is 8.28. The van der Waals surface area contributed by atoms with Crippen LogP contribution in [0.5, 0.6) is 5.88 Å². The summed E-state index contributed by atoms with van der Waals surface area (Å²) in [7, 11) is 0. The van der Waals surface area contributed by atoms with Gasteiger partial charge in [0.15, 0.2) is 0 Å². The van der Waals surface area contributed by atoms with E-state index in [1.54, 1.807) is 6.07 Å². The molecule has 100 valence electrons. The SMILES string of the molecule is CC(C)=CCNc1ccc(N)c(OC(C)(C)C)n1. The molecule has 18 heavy (non-hydrogen) atoms. The molecule has 0 atom stereocenters. The van der Waals surface area contributed by atoms with Crippen LogP contribution in [0.1, 0.15) is 34.6 Å². The molecule has 1 heterocycles. The molecule has 0 radical (unpaired) electrons. The normalized spacial score (nSPS) is 10.9. The van der Waals surface area contributed by atoms with E-state index >= 15 is 0 Å². The predicted octanol–water partition coefficient (Wildman–Crippen LogP) is 3.22. The third kappa shape index (κ3) is 5.08. The number of anilines is 2. The Hall–Kier alpha value is -1.71. The molecule has 4 nitrogen and oxygen atoms in total. The highest BCUT2D eigenvalue weighted by molar-refractivity contribution is 5.53. The number of hydrogen-bond donors (Lipinski definition) is 2. The van der Waals surface area contributed by atoms with E-state index in [-0.39, 0.29) is 5.60 Å². The molecule has 0 aliphatic heterocycles. The molecule has 0 saturated carbocycles. The molecule has 0 aromatic carbocycles. The predicted molar refractivity (Wildman–Crippen MR) is 77.0 cm³/mol. The number of nitrogens with two attached hydrogens (primary N) is 1. The molecule has 0 fully saturated rings. The lowest BCUT2D eigenvalue weighted by molar-refractivity contribution is 0.125. The summed E-state index contributed by atoms with van der Waals surface area (Å²) in [6.07, 6.45) is 2.10. The maximum Gasteiger partial charge on any atom is 0.239 e. The van der Waals surface area contributed by atoms with E-state index in [9.17, 15) is 0 Å². The van der Waals surface area contributed by atoms with Crippen LogP contribution >= 0.6 is 0 Å². The largest absolute Gasteiger partial charge is 0.470 e. The van der Waals surface area contributed by atoms with Crippen molar-refractivity contribution in [1.29, 1.82) is 0 Å². The minimum absolute atomic E-state index is 0.306. The Bertz CT molecular complexity index is 429. The van der Waals surface area contributed by atoms with Crippen molar-refractivity contribution in [2.24, 2.45) is 0 Å². The van der Waals surface area contributed by atoms with Crippen LogP contribution in [0.2, 0.25) is 0 Å². The Morgan fingerprint density at radius 3 is 2.61 bits per heavy atom. The van der Waals surface area contributed by atoms with E-state index in [1.807, 2.05) is 26.8 Å². The maximum atomic E-state index is 5.85. The van der Waals surface area contributed by atoms with Crippen LogP contribution in [0, 0.1) is 0 Å². The lowest BCUT2D eigenvalue weighted by Gasteiger charge is -2.21. The van der Waals surface area contributed by atoms with Gasteiger partial charge in [-0.2, -0.15) is 4.98 Å². The van der Waals surface area contributed by atoms with Gasteiger partial charge >= 0.3 is 0 Å². The van der Waals surface area contributed by atoms with Gasteiger partial charge in [0.25, 0.3) is 0 Å². The molecular formula is C14H23N3O. The standard InChI is InChI=1S/C14H23N3O/c1-10(2)8-9-16-12-7-6-11(15)13(17-12)18-14(3,4)5/h6-8H,9,15H2,1-5H3,(H,16,17). The van der Waals surface area contributed by atoms with E-state index in [1.165, 1.54) is 5.57 Å². The summed E-state index contributed by atoms with van der Waals surface area (Å²) in [4.78, 5) is 4.37. The summed E-state index contributed by atoms with van der Waals surface area (Å²) in [5, 5.41) is 3.21. The number of pyridine rings is 1. The third-order valence-electron chi connectivity index (χ3n) is 2.09. The van der Waals surface area contributed by atoms with E-state index in [0.717, 1.165) is 12.4 Å². The number of rotatable bonds is 4. The zero-order chi connectivity index (χ0) is 13.8. The number of nitrogens with zero attached hydrogens (tertiary/aromatic N) is 1. The van der Waals surface area contributed by atoms with E-state index < -0.39 is 0 Å². The van der Waals surface area contributed by atoms with Crippen LogP contribution < -0.4 is 15.8 Å². The fourth-order valence-electron chi connectivity index (χ4n) is 1.28. The third-order valence-corrected chi connectivity index (χ3v) is 2.09. The highest BCUT2D eigenvalue weighted by Gasteiger charge is 2.15. The second kappa shape index (κ2) is 5.76. The van der Waals surface area contributed by atoms with Gasteiger partial charge < -0.3 is 15.8 Å². The van der Waals surface area contributed by atoms with E-state index in [0.29, 0.717) is 11.6 Å². The van der Waals surface area contributed by atoms with Crippen LogP contribution in [0.4, 0.5) is 11.5 Å². The minimum atomic E-state index is -0.306. The van der Waals surface area contributed by atoms with Gasteiger partial charge in [0.05, 0.1) is 5.69 Å². The number of nitrogen functional groups attached to an aromatic ring is 1. The molecule has 0 amide bonds. The summed E-state index contributed by atoms with van der Waals surface area (Å²) in [5.74, 6) is 1.24. The monoisotopic (exact) mass is 249 g/mol. The van der Waals surface area contributed by atoms with Crippen molar-refractivity contribution in [3.63, 3.8) is 0 Å². The van der Waals surface area contributed by atoms with Crippen LogP contribution in [0.15, 0.2) is 23.8 Å². The van der Waals surface area contributed by atoms with Gasteiger partial charge in [-0.05, 0) is 46.8 Å². The van der Waals surface area contributed by atoms with Crippen molar-refractivity contribution in [3.05, 3.63) is 23.8 Å². The van der Waals surface area contributed by atoms with Gasteiger partial charge in [0, 0.05) is 6.54 Å². The summed E-state index contributed by atoms with van der Waals surface area (Å²) in [6.45, 7) is 10.8. The average Bonchev–Trinajstić information content (AvgIpc) is 2.20. The van der Waals surface area contributed by atoms with Crippen molar-refractivity contribution in [3.8, 4) is 5.88 Å². The fraction of sp³-hybridized carbons (Fsp3) is 0.500. The van der Waals surface area contributed by atoms with Gasteiger partial charge in [-0.15, -0.1) is 0 Å². The Labute approximate surface area is 109 Å². The zero-order valence-corrected chi connectivity index (χ0v) is 11.9. The first-order valence-corrected chi connectivity index (χ1v) is 6.11. The Morgan fingerprint density at radius 2 is 2.06 bits per heavy atom. The Morgan fingerprint density at radius 1 is 1.39 bits per heavy atom. The average molecular weight is 249 g/mol. The Kier molecular flexibility index (Phi) is 4.59. The number of allylic oxidation sites excluding steroid dienone is 1. The van der Waals surface area contributed by atoms with Crippen LogP contribution in [0.3, 0.4) is 0 Å². The van der Waals surface area contributed by atoms with Gasteiger partial charge in [-0.3, -0.25) is 0 Å². The van der Waals surface area contributed by atoms with Gasteiger partial charge in [0.2, 0.25) is 5.88 Å². The molecule has 1 rings (SSSR count). The number of aromatic nitrogens is 1. The second-order valence-electron chi connectivity index (χ2n) is 5.47. The van der Waals surface area contributed by atoms with Crippen LogP contribution in [-0.4, -0.2) is 17.1 Å². The van der Waals surface area contributed by atoms with Crippen molar-refractivity contribution >= 4 is 11.5 Å². The molecule has 0 bridgehead atoms. The molecule has 1 aromatic heterocycles. The highest BCUT2D eigenvalue weighted by atomic mass is 16.5. The van der Waals surface area contributed by atoms with Crippen molar-refractivity contribution in [2.45, 2.75) is 40.2 Å². The molecule has 3 N–H and O–H groups in total.